The summed E-state index contributed by atoms with van der Waals surface area (Å²) in [6.07, 6.45) is 2.58. The molecule has 0 bridgehead atoms. The third-order valence-corrected chi connectivity index (χ3v) is 7.26. The van der Waals surface area contributed by atoms with Gasteiger partial charge in [0.15, 0.2) is 5.82 Å². The molecule has 3 aromatic rings. The molecule has 2 amide bonds. The Bertz CT molecular complexity index is 1240. The predicted octanol–water partition coefficient (Wildman–Crippen LogP) is 3.61. The van der Waals surface area contributed by atoms with Crippen molar-refractivity contribution in [1.82, 2.24) is 15.1 Å². The number of benzene rings is 2. The van der Waals surface area contributed by atoms with Gasteiger partial charge in [0.05, 0.1) is 18.2 Å². The van der Waals surface area contributed by atoms with Crippen molar-refractivity contribution in [2.75, 3.05) is 37.0 Å². The predicted molar refractivity (Wildman–Crippen MR) is 142 cm³/mol. The number of carbonyl (C=O) groups is 2. The number of hydrogen-bond acceptors (Lipinski definition) is 6. The van der Waals surface area contributed by atoms with Crippen LogP contribution in [0.3, 0.4) is 0 Å². The van der Waals surface area contributed by atoms with Crippen LogP contribution in [-0.4, -0.2) is 59.8 Å². The highest BCUT2D eigenvalue weighted by Gasteiger charge is 2.35. The summed E-state index contributed by atoms with van der Waals surface area (Å²) in [6, 6.07) is 18.3. The lowest BCUT2D eigenvalue weighted by Gasteiger charge is -2.23. The first-order valence-corrected chi connectivity index (χ1v) is 13.0. The highest BCUT2D eigenvalue weighted by molar-refractivity contribution is 6.03. The van der Waals surface area contributed by atoms with Crippen LogP contribution < -0.4 is 10.2 Å². The van der Waals surface area contributed by atoms with E-state index in [9.17, 15) is 14.0 Å². The molecule has 38 heavy (non-hydrogen) atoms. The highest BCUT2D eigenvalue weighted by Crippen LogP contribution is 2.27. The molecule has 2 saturated heterocycles. The van der Waals surface area contributed by atoms with Gasteiger partial charge in [0, 0.05) is 37.8 Å². The molecule has 2 fully saturated rings. The van der Waals surface area contributed by atoms with Gasteiger partial charge in [-0.05, 0) is 73.8 Å². The van der Waals surface area contributed by atoms with E-state index in [4.69, 9.17) is 4.74 Å². The van der Waals surface area contributed by atoms with Crippen LogP contribution in [0.25, 0.3) is 0 Å². The summed E-state index contributed by atoms with van der Waals surface area (Å²) in [5.74, 6) is -0.678. The minimum atomic E-state index is -0.462. The van der Waals surface area contributed by atoms with E-state index in [-0.39, 0.29) is 24.1 Å². The smallest absolute Gasteiger partial charge is 0.231 e. The molecular weight excluding hydrogens is 485 g/mol. The number of nitrogens with one attached hydrogen (secondary N) is 1. The average molecular weight is 518 g/mol. The second kappa shape index (κ2) is 11.8. The Morgan fingerprint density at radius 1 is 1.05 bits per heavy atom. The summed E-state index contributed by atoms with van der Waals surface area (Å²) in [4.78, 5) is 29.5. The molecule has 2 unspecified atom stereocenters. The van der Waals surface area contributed by atoms with Crippen molar-refractivity contribution in [2.24, 2.45) is 5.92 Å². The van der Waals surface area contributed by atoms with Gasteiger partial charge in [0.1, 0.15) is 5.82 Å². The van der Waals surface area contributed by atoms with E-state index in [0.29, 0.717) is 31.2 Å². The fraction of sp³-hybridized carbons (Fsp3) is 0.379. The van der Waals surface area contributed by atoms with Gasteiger partial charge in [-0.15, -0.1) is 5.10 Å². The Morgan fingerprint density at radius 2 is 1.82 bits per heavy atom. The van der Waals surface area contributed by atoms with E-state index in [1.54, 1.807) is 23.1 Å². The fourth-order valence-electron chi connectivity index (χ4n) is 4.91. The van der Waals surface area contributed by atoms with Crippen molar-refractivity contribution in [3.8, 4) is 0 Å². The van der Waals surface area contributed by atoms with Crippen molar-refractivity contribution in [3.63, 3.8) is 0 Å². The van der Waals surface area contributed by atoms with Crippen LogP contribution in [0.2, 0.25) is 0 Å². The Labute approximate surface area is 221 Å². The number of nitrogens with zero attached hydrogens (tertiary/aromatic N) is 4. The number of aryl methyl sites for hydroxylation is 2. The van der Waals surface area contributed by atoms with Crippen LogP contribution in [0.1, 0.15) is 29.7 Å². The van der Waals surface area contributed by atoms with E-state index >= 15 is 0 Å². The Kier molecular flexibility index (Phi) is 8.05. The molecule has 1 N–H and O–H groups in total. The van der Waals surface area contributed by atoms with E-state index in [2.05, 4.69) is 27.5 Å². The summed E-state index contributed by atoms with van der Waals surface area (Å²) in [5.41, 5.74) is 3.76. The topological polar surface area (TPSA) is 87.7 Å². The monoisotopic (exact) mass is 517 g/mol. The molecule has 0 saturated carbocycles. The second-order valence-corrected chi connectivity index (χ2v) is 10.0. The van der Waals surface area contributed by atoms with Gasteiger partial charge in [0.25, 0.3) is 0 Å². The molecule has 2 aliphatic heterocycles. The van der Waals surface area contributed by atoms with Gasteiger partial charge in [-0.2, -0.15) is 5.10 Å². The SMILES string of the molecule is CN(Cc1ccc(N2CC(C(=O)Nc3ccc(CCc4ccc(F)cc4)nn3)CC2=O)cc1)C1CCOC1. The van der Waals surface area contributed by atoms with Gasteiger partial charge >= 0.3 is 0 Å². The zero-order chi connectivity index (χ0) is 26.5. The molecule has 2 aromatic carbocycles. The maximum Gasteiger partial charge on any atom is 0.231 e. The number of likely N-dealkylation sites (N-methyl/N-ethyl adjacent to an activating group) is 1. The van der Waals surface area contributed by atoms with E-state index in [1.165, 1.54) is 17.7 Å². The molecule has 3 heterocycles. The van der Waals surface area contributed by atoms with Crippen LogP contribution >= 0.6 is 0 Å². The van der Waals surface area contributed by atoms with Crippen molar-refractivity contribution in [3.05, 3.63) is 83.3 Å². The van der Waals surface area contributed by atoms with Gasteiger partial charge in [-0.3, -0.25) is 14.5 Å². The number of anilines is 2. The Balaban J connectivity index is 1.11. The molecule has 198 valence electrons. The molecule has 2 atom stereocenters. The number of halogens is 1. The summed E-state index contributed by atoms with van der Waals surface area (Å²) in [5, 5.41) is 11.1. The molecule has 5 rings (SSSR count). The zero-order valence-corrected chi connectivity index (χ0v) is 21.5. The van der Waals surface area contributed by atoms with Crippen LogP contribution in [0.5, 0.6) is 0 Å². The zero-order valence-electron chi connectivity index (χ0n) is 21.5. The van der Waals surface area contributed by atoms with Gasteiger partial charge in [-0.1, -0.05) is 24.3 Å². The standard InChI is InChI=1S/C29H32FN5O3/c1-34(26-14-15-38-19-26)17-21-5-11-25(12-6-21)35-18-22(16-28(35)36)29(37)31-27-13-10-24(32-33-27)9-4-20-2-7-23(30)8-3-20/h2-3,5-8,10-13,22,26H,4,9,14-19H2,1H3,(H,31,33,37). The fourth-order valence-corrected chi connectivity index (χ4v) is 4.91. The molecule has 1 aromatic heterocycles. The maximum atomic E-state index is 13.1. The molecule has 2 aliphatic rings. The first-order chi connectivity index (χ1) is 18.4. The van der Waals surface area contributed by atoms with Gasteiger partial charge < -0.3 is 15.0 Å². The third kappa shape index (κ3) is 6.41. The second-order valence-electron chi connectivity index (χ2n) is 10.0. The quantitative estimate of drug-likeness (QED) is 0.467. The largest absolute Gasteiger partial charge is 0.380 e. The van der Waals surface area contributed by atoms with E-state index in [1.807, 2.05) is 30.3 Å². The number of rotatable bonds is 9. The van der Waals surface area contributed by atoms with E-state index < -0.39 is 5.92 Å². The highest BCUT2D eigenvalue weighted by atomic mass is 19.1. The van der Waals surface area contributed by atoms with Crippen LogP contribution in [-0.2, 0) is 33.7 Å². The first-order valence-electron chi connectivity index (χ1n) is 13.0. The van der Waals surface area contributed by atoms with Crippen molar-refractivity contribution >= 4 is 23.3 Å². The third-order valence-electron chi connectivity index (χ3n) is 7.26. The number of amides is 2. The van der Waals surface area contributed by atoms with Crippen LogP contribution in [0, 0.1) is 11.7 Å². The molecule has 0 aliphatic carbocycles. The Hall–Kier alpha value is -3.69. The number of aromatic nitrogens is 2. The van der Waals surface area contributed by atoms with E-state index in [0.717, 1.165) is 43.1 Å². The van der Waals surface area contributed by atoms with Crippen LogP contribution in [0.4, 0.5) is 15.9 Å². The first kappa shape index (κ1) is 25.9. The molecule has 0 spiro atoms. The lowest BCUT2D eigenvalue weighted by atomic mass is 10.1. The van der Waals surface area contributed by atoms with Crippen LogP contribution in [0.15, 0.2) is 60.7 Å². The summed E-state index contributed by atoms with van der Waals surface area (Å²) >= 11 is 0. The summed E-state index contributed by atoms with van der Waals surface area (Å²) < 4.78 is 18.5. The maximum absolute atomic E-state index is 13.1. The summed E-state index contributed by atoms with van der Waals surface area (Å²) in [7, 11) is 2.10. The Morgan fingerprint density at radius 3 is 2.50 bits per heavy atom. The lowest BCUT2D eigenvalue weighted by molar-refractivity contribution is -0.122. The lowest BCUT2D eigenvalue weighted by Crippen LogP contribution is -2.31. The minimum Gasteiger partial charge on any atom is -0.380 e. The summed E-state index contributed by atoms with van der Waals surface area (Å²) in [6.45, 7) is 2.73. The average Bonchev–Trinajstić information content (AvgIpc) is 3.60. The molecule has 8 nitrogen and oxygen atoms in total. The number of ether oxygens (including phenoxy) is 1. The van der Waals surface area contributed by atoms with Crippen molar-refractivity contribution in [2.45, 2.75) is 38.3 Å². The normalized spacial score (nSPS) is 19.3. The molecule has 9 heteroatoms. The number of hydrogen-bond donors (Lipinski definition) is 1. The molecular formula is C29H32FN5O3. The van der Waals surface area contributed by atoms with Crippen molar-refractivity contribution in [1.29, 1.82) is 0 Å². The van der Waals surface area contributed by atoms with Gasteiger partial charge in [0.2, 0.25) is 11.8 Å². The van der Waals surface area contributed by atoms with Crippen molar-refractivity contribution < 1.29 is 18.7 Å². The molecule has 0 radical (unpaired) electrons. The minimum absolute atomic E-state index is 0.0691. The number of carbonyl (C=O) groups excluding carboxylic acids is 2. The van der Waals surface area contributed by atoms with Gasteiger partial charge in [-0.25, -0.2) is 4.39 Å².